The summed E-state index contributed by atoms with van der Waals surface area (Å²) in [5.41, 5.74) is 1.15. The van der Waals surface area contributed by atoms with Crippen molar-refractivity contribution >= 4 is 0 Å². The smallest absolute Gasteiger partial charge is 0.227 e. The van der Waals surface area contributed by atoms with Crippen molar-refractivity contribution in [2.75, 3.05) is 13.7 Å². The molecule has 0 aliphatic heterocycles. The van der Waals surface area contributed by atoms with Crippen LogP contribution in [0.2, 0.25) is 0 Å². The summed E-state index contributed by atoms with van der Waals surface area (Å²) in [4.78, 5) is 4.42. The second-order valence-electron chi connectivity index (χ2n) is 5.11. The van der Waals surface area contributed by atoms with Crippen LogP contribution in [-0.4, -0.2) is 29.8 Å². The number of methoxy groups -OCH3 is 1. The molecule has 20 heavy (non-hydrogen) atoms. The zero-order chi connectivity index (χ0) is 13.8. The third-order valence-electron chi connectivity index (χ3n) is 3.38. The van der Waals surface area contributed by atoms with Crippen molar-refractivity contribution in [2.45, 2.75) is 31.7 Å². The molecule has 5 heteroatoms. The van der Waals surface area contributed by atoms with Crippen molar-refractivity contribution < 1.29 is 9.26 Å². The number of rotatable bonds is 7. The first kappa shape index (κ1) is 13.1. The highest BCUT2D eigenvalue weighted by atomic mass is 16.5. The van der Waals surface area contributed by atoms with E-state index < -0.39 is 0 Å². The van der Waals surface area contributed by atoms with E-state index in [-0.39, 0.29) is 0 Å². The average molecular weight is 273 g/mol. The minimum absolute atomic E-state index is 0.684. The Morgan fingerprint density at radius 2 is 2.10 bits per heavy atom. The Balaban J connectivity index is 1.52. The SMILES string of the molecule is COc1ccc(Cc2noc(CCNC3CC3)n2)cc1. The summed E-state index contributed by atoms with van der Waals surface area (Å²) in [6.45, 7) is 0.912. The molecule has 0 unspecified atom stereocenters. The number of nitrogens with zero attached hydrogens (tertiary/aromatic N) is 2. The van der Waals surface area contributed by atoms with Gasteiger partial charge in [0.25, 0.3) is 0 Å². The molecular formula is C15H19N3O2. The standard InChI is InChI=1S/C15H19N3O2/c1-19-13-6-2-11(3-7-13)10-14-17-15(20-18-14)8-9-16-12-4-5-12/h2-3,6-7,12,16H,4-5,8-10H2,1H3. The van der Waals surface area contributed by atoms with Crippen LogP contribution in [0.4, 0.5) is 0 Å². The van der Waals surface area contributed by atoms with E-state index in [2.05, 4.69) is 15.5 Å². The Bertz CT molecular complexity index is 547. The van der Waals surface area contributed by atoms with Gasteiger partial charge in [0.15, 0.2) is 5.82 Å². The number of nitrogens with one attached hydrogen (secondary N) is 1. The molecule has 3 rings (SSSR count). The highest BCUT2D eigenvalue weighted by molar-refractivity contribution is 5.28. The molecule has 1 N–H and O–H groups in total. The van der Waals surface area contributed by atoms with E-state index in [1.807, 2.05) is 24.3 Å². The molecule has 5 nitrogen and oxygen atoms in total. The van der Waals surface area contributed by atoms with Crippen LogP contribution < -0.4 is 10.1 Å². The summed E-state index contributed by atoms with van der Waals surface area (Å²) in [6.07, 6.45) is 4.08. The van der Waals surface area contributed by atoms with Crippen LogP contribution in [0.25, 0.3) is 0 Å². The molecule has 1 aliphatic rings. The molecule has 0 spiro atoms. The fourth-order valence-corrected chi connectivity index (χ4v) is 2.06. The molecule has 1 heterocycles. The van der Waals surface area contributed by atoms with Gasteiger partial charge >= 0.3 is 0 Å². The lowest BCUT2D eigenvalue weighted by Gasteiger charge is -2.00. The summed E-state index contributed by atoms with van der Waals surface area (Å²) in [7, 11) is 1.66. The highest BCUT2D eigenvalue weighted by Crippen LogP contribution is 2.18. The van der Waals surface area contributed by atoms with E-state index in [0.29, 0.717) is 12.3 Å². The largest absolute Gasteiger partial charge is 0.497 e. The predicted octanol–water partition coefficient (Wildman–Crippen LogP) is 1.96. The van der Waals surface area contributed by atoms with Gasteiger partial charge in [-0.3, -0.25) is 0 Å². The molecule has 1 fully saturated rings. The van der Waals surface area contributed by atoms with Gasteiger partial charge in [0.05, 0.1) is 7.11 Å². The Kier molecular flexibility index (Phi) is 3.97. The van der Waals surface area contributed by atoms with Crippen LogP contribution in [0.1, 0.15) is 30.1 Å². The van der Waals surface area contributed by atoms with E-state index in [4.69, 9.17) is 9.26 Å². The van der Waals surface area contributed by atoms with Crippen LogP contribution >= 0.6 is 0 Å². The van der Waals surface area contributed by atoms with Gasteiger partial charge in [-0.2, -0.15) is 4.98 Å². The van der Waals surface area contributed by atoms with E-state index in [1.54, 1.807) is 7.11 Å². The van der Waals surface area contributed by atoms with Crippen LogP contribution in [0.15, 0.2) is 28.8 Å². The summed E-state index contributed by atoms with van der Waals surface area (Å²) in [5, 5.41) is 7.46. The molecule has 1 aromatic carbocycles. The molecule has 0 bridgehead atoms. The number of hydrogen-bond acceptors (Lipinski definition) is 5. The maximum atomic E-state index is 5.26. The van der Waals surface area contributed by atoms with Crippen molar-refractivity contribution in [1.29, 1.82) is 0 Å². The third kappa shape index (κ3) is 3.57. The van der Waals surface area contributed by atoms with E-state index in [0.717, 1.165) is 36.1 Å². The van der Waals surface area contributed by atoms with Crippen LogP contribution in [0.5, 0.6) is 5.75 Å². The normalized spacial score (nSPS) is 14.4. The minimum Gasteiger partial charge on any atom is -0.497 e. The van der Waals surface area contributed by atoms with Gasteiger partial charge < -0.3 is 14.6 Å². The Hall–Kier alpha value is -1.88. The quantitative estimate of drug-likeness (QED) is 0.835. The fraction of sp³-hybridized carbons (Fsp3) is 0.467. The van der Waals surface area contributed by atoms with Crippen molar-refractivity contribution in [1.82, 2.24) is 15.5 Å². The Labute approximate surface area is 118 Å². The molecule has 0 radical (unpaired) electrons. The van der Waals surface area contributed by atoms with Gasteiger partial charge in [-0.15, -0.1) is 0 Å². The Morgan fingerprint density at radius 1 is 1.30 bits per heavy atom. The second-order valence-corrected chi connectivity index (χ2v) is 5.11. The molecule has 0 amide bonds. The van der Waals surface area contributed by atoms with Crippen LogP contribution in [0, 0.1) is 0 Å². The number of ether oxygens (including phenoxy) is 1. The molecule has 2 aromatic rings. The van der Waals surface area contributed by atoms with E-state index in [1.165, 1.54) is 12.8 Å². The maximum absolute atomic E-state index is 5.26. The molecule has 106 valence electrons. The van der Waals surface area contributed by atoms with Crippen molar-refractivity contribution in [2.24, 2.45) is 0 Å². The minimum atomic E-state index is 0.684. The van der Waals surface area contributed by atoms with Gasteiger partial charge in [-0.25, -0.2) is 0 Å². The predicted molar refractivity (Wildman–Crippen MR) is 74.8 cm³/mol. The van der Waals surface area contributed by atoms with Gasteiger partial charge in [-0.05, 0) is 30.5 Å². The Morgan fingerprint density at radius 3 is 2.80 bits per heavy atom. The highest BCUT2D eigenvalue weighted by Gasteiger charge is 2.20. The lowest BCUT2D eigenvalue weighted by Crippen LogP contribution is -2.19. The van der Waals surface area contributed by atoms with Gasteiger partial charge in [0.1, 0.15) is 5.75 Å². The lowest BCUT2D eigenvalue weighted by molar-refractivity contribution is 0.371. The zero-order valence-corrected chi connectivity index (χ0v) is 11.6. The molecule has 1 aliphatic carbocycles. The van der Waals surface area contributed by atoms with Crippen molar-refractivity contribution in [3.8, 4) is 5.75 Å². The first-order valence-electron chi connectivity index (χ1n) is 7.01. The molecule has 1 aromatic heterocycles. The lowest BCUT2D eigenvalue weighted by atomic mass is 10.1. The third-order valence-corrected chi connectivity index (χ3v) is 3.38. The monoisotopic (exact) mass is 273 g/mol. The molecule has 1 saturated carbocycles. The first-order valence-corrected chi connectivity index (χ1v) is 7.01. The summed E-state index contributed by atoms with van der Waals surface area (Å²) >= 11 is 0. The first-order chi connectivity index (χ1) is 9.83. The van der Waals surface area contributed by atoms with E-state index >= 15 is 0 Å². The summed E-state index contributed by atoms with van der Waals surface area (Å²) in [5.74, 6) is 2.30. The fourth-order valence-electron chi connectivity index (χ4n) is 2.06. The number of benzene rings is 1. The van der Waals surface area contributed by atoms with Gasteiger partial charge in [0.2, 0.25) is 5.89 Å². The number of aromatic nitrogens is 2. The summed E-state index contributed by atoms with van der Waals surface area (Å²) < 4.78 is 10.4. The van der Waals surface area contributed by atoms with Crippen molar-refractivity contribution in [3.05, 3.63) is 41.5 Å². The molecule has 0 atom stereocenters. The zero-order valence-electron chi connectivity index (χ0n) is 11.6. The average Bonchev–Trinajstić information content (AvgIpc) is 3.19. The number of hydrogen-bond donors (Lipinski definition) is 1. The van der Waals surface area contributed by atoms with Crippen LogP contribution in [-0.2, 0) is 12.8 Å². The van der Waals surface area contributed by atoms with Gasteiger partial charge in [0, 0.05) is 25.4 Å². The second kappa shape index (κ2) is 6.05. The molecule has 0 saturated heterocycles. The maximum Gasteiger partial charge on any atom is 0.227 e. The molecular weight excluding hydrogens is 254 g/mol. The summed E-state index contributed by atoms with van der Waals surface area (Å²) in [6, 6.07) is 8.63. The van der Waals surface area contributed by atoms with Crippen LogP contribution in [0.3, 0.4) is 0 Å². The van der Waals surface area contributed by atoms with E-state index in [9.17, 15) is 0 Å². The van der Waals surface area contributed by atoms with Gasteiger partial charge in [-0.1, -0.05) is 17.3 Å². The van der Waals surface area contributed by atoms with Crippen molar-refractivity contribution in [3.63, 3.8) is 0 Å². The topological polar surface area (TPSA) is 60.2 Å².